The Bertz CT molecular complexity index is 856. The number of rotatable bonds is 4. The summed E-state index contributed by atoms with van der Waals surface area (Å²) in [6.07, 6.45) is -0.109. The van der Waals surface area contributed by atoms with E-state index in [4.69, 9.17) is 4.74 Å². The summed E-state index contributed by atoms with van der Waals surface area (Å²) in [5.41, 5.74) is 2.61. The number of anilines is 1. The Morgan fingerprint density at radius 2 is 1.89 bits per heavy atom. The van der Waals surface area contributed by atoms with E-state index in [1.807, 2.05) is 69.3 Å². The van der Waals surface area contributed by atoms with Crippen LogP contribution in [0, 0.1) is 5.41 Å². The lowest BCUT2D eigenvalue weighted by atomic mass is 9.92. The second-order valence-electron chi connectivity index (χ2n) is 8.55. The zero-order valence-electron chi connectivity index (χ0n) is 17.0. The van der Waals surface area contributed by atoms with E-state index in [2.05, 4.69) is 5.32 Å². The lowest BCUT2D eigenvalue weighted by Crippen LogP contribution is -2.37. The summed E-state index contributed by atoms with van der Waals surface area (Å²) in [6.45, 7) is 8.84. The molecule has 1 heterocycles. The Balaban J connectivity index is 1.80. The summed E-state index contributed by atoms with van der Waals surface area (Å²) in [5, 5.41) is 2.96. The van der Waals surface area contributed by atoms with E-state index in [9.17, 15) is 9.59 Å². The minimum Gasteiger partial charge on any atom is -0.481 e. The molecule has 1 atom stereocenters. The van der Waals surface area contributed by atoms with E-state index in [1.54, 1.807) is 11.8 Å². The summed E-state index contributed by atoms with van der Waals surface area (Å²) in [5.74, 6) is 0.621. The van der Waals surface area contributed by atoms with Crippen molar-refractivity contribution in [1.82, 2.24) is 4.90 Å². The van der Waals surface area contributed by atoms with Gasteiger partial charge in [-0.05, 0) is 36.1 Å². The summed E-state index contributed by atoms with van der Waals surface area (Å²) in [6, 6.07) is 15.5. The van der Waals surface area contributed by atoms with E-state index in [0.717, 1.165) is 16.8 Å². The number of carbonyl (C=O) groups excluding carboxylic acids is 2. The molecule has 3 rings (SSSR count). The smallest absolute Gasteiger partial charge is 0.263 e. The molecule has 28 heavy (non-hydrogen) atoms. The fraction of sp³-hybridized carbons (Fsp3) is 0.391. The molecule has 1 aliphatic rings. The molecule has 1 aliphatic heterocycles. The van der Waals surface area contributed by atoms with Crippen molar-refractivity contribution in [2.24, 2.45) is 5.41 Å². The van der Waals surface area contributed by atoms with E-state index in [-0.39, 0.29) is 17.2 Å². The average molecular weight is 380 g/mol. The van der Waals surface area contributed by atoms with Crippen molar-refractivity contribution in [3.05, 3.63) is 59.7 Å². The Labute approximate surface area is 166 Å². The molecule has 5 heteroatoms. The third kappa shape index (κ3) is 5.12. The van der Waals surface area contributed by atoms with Crippen LogP contribution in [0.25, 0.3) is 0 Å². The number of nitrogens with zero attached hydrogens (tertiary/aromatic N) is 1. The van der Waals surface area contributed by atoms with Gasteiger partial charge in [0.1, 0.15) is 5.75 Å². The quantitative estimate of drug-likeness (QED) is 0.857. The maximum Gasteiger partial charge on any atom is 0.263 e. The maximum absolute atomic E-state index is 12.8. The number of benzene rings is 2. The Kier molecular flexibility index (Phi) is 5.73. The second-order valence-corrected chi connectivity index (χ2v) is 8.55. The van der Waals surface area contributed by atoms with Crippen LogP contribution in [-0.4, -0.2) is 22.8 Å². The molecular formula is C23H28N2O3. The Morgan fingerprint density at radius 1 is 1.18 bits per heavy atom. The SMILES string of the molecule is CC1Oc2ccc(NC(=O)CC(C)(C)C)cc2CN(Cc2ccccc2)C1=O. The molecule has 2 amide bonds. The summed E-state index contributed by atoms with van der Waals surface area (Å²) in [4.78, 5) is 26.8. The highest BCUT2D eigenvalue weighted by molar-refractivity contribution is 5.91. The number of fused-ring (bicyclic) bond motifs is 1. The van der Waals surface area contributed by atoms with E-state index < -0.39 is 6.10 Å². The molecule has 0 aliphatic carbocycles. The van der Waals surface area contributed by atoms with Crippen molar-refractivity contribution in [2.45, 2.75) is 53.3 Å². The van der Waals surface area contributed by atoms with Crippen LogP contribution in [0.1, 0.15) is 45.2 Å². The summed E-state index contributed by atoms with van der Waals surface area (Å²) < 4.78 is 5.87. The first-order valence-electron chi connectivity index (χ1n) is 9.63. The van der Waals surface area contributed by atoms with Gasteiger partial charge in [-0.1, -0.05) is 51.1 Å². The largest absolute Gasteiger partial charge is 0.481 e. The molecule has 5 nitrogen and oxygen atoms in total. The van der Waals surface area contributed by atoms with Crippen LogP contribution >= 0.6 is 0 Å². The first-order valence-corrected chi connectivity index (χ1v) is 9.63. The highest BCUT2D eigenvalue weighted by atomic mass is 16.5. The van der Waals surface area contributed by atoms with Gasteiger partial charge >= 0.3 is 0 Å². The lowest BCUT2D eigenvalue weighted by Gasteiger charge is -2.22. The fourth-order valence-corrected chi connectivity index (χ4v) is 3.30. The minimum atomic E-state index is -0.550. The van der Waals surface area contributed by atoms with Gasteiger partial charge < -0.3 is 15.0 Å². The first kappa shape index (κ1) is 19.9. The summed E-state index contributed by atoms with van der Waals surface area (Å²) >= 11 is 0. The van der Waals surface area contributed by atoms with E-state index in [0.29, 0.717) is 25.3 Å². The van der Waals surface area contributed by atoms with Crippen LogP contribution in [-0.2, 0) is 22.7 Å². The molecule has 1 unspecified atom stereocenters. The van der Waals surface area contributed by atoms with Gasteiger partial charge in [-0.2, -0.15) is 0 Å². The number of carbonyl (C=O) groups is 2. The molecule has 0 saturated heterocycles. The molecule has 2 aromatic carbocycles. The Hall–Kier alpha value is -2.82. The van der Waals surface area contributed by atoms with Crippen LogP contribution < -0.4 is 10.1 Å². The van der Waals surface area contributed by atoms with Gasteiger partial charge in [0, 0.05) is 30.8 Å². The fourth-order valence-electron chi connectivity index (χ4n) is 3.30. The van der Waals surface area contributed by atoms with Crippen molar-refractivity contribution in [2.75, 3.05) is 5.32 Å². The highest BCUT2D eigenvalue weighted by Gasteiger charge is 2.28. The molecule has 0 fully saturated rings. The number of hydrogen-bond acceptors (Lipinski definition) is 3. The second kappa shape index (κ2) is 8.05. The van der Waals surface area contributed by atoms with Crippen molar-refractivity contribution < 1.29 is 14.3 Å². The molecule has 1 N–H and O–H groups in total. The molecule has 0 radical (unpaired) electrons. The van der Waals surface area contributed by atoms with Crippen LogP contribution in [0.4, 0.5) is 5.69 Å². The van der Waals surface area contributed by atoms with Crippen molar-refractivity contribution in [3.63, 3.8) is 0 Å². The molecule has 0 bridgehead atoms. The zero-order valence-corrected chi connectivity index (χ0v) is 17.0. The Morgan fingerprint density at radius 3 is 2.57 bits per heavy atom. The lowest BCUT2D eigenvalue weighted by molar-refractivity contribution is -0.138. The number of ether oxygens (including phenoxy) is 1. The van der Waals surface area contributed by atoms with Gasteiger partial charge in [0.05, 0.1) is 0 Å². The predicted molar refractivity (Wildman–Crippen MR) is 110 cm³/mol. The van der Waals surface area contributed by atoms with Crippen LogP contribution in [0.3, 0.4) is 0 Å². The minimum absolute atomic E-state index is 0.0208. The van der Waals surface area contributed by atoms with Gasteiger partial charge in [-0.15, -0.1) is 0 Å². The van der Waals surface area contributed by atoms with Crippen LogP contribution in [0.5, 0.6) is 5.75 Å². The van der Waals surface area contributed by atoms with Crippen molar-refractivity contribution in [3.8, 4) is 5.75 Å². The van der Waals surface area contributed by atoms with E-state index >= 15 is 0 Å². The van der Waals surface area contributed by atoms with Gasteiger partial charge in [0.2, 0.25) is 5.91 Å². The topological polar surface area (TPSA) is 58.6 Å². The molecule has 0 saturated carbocycles. The highest BCUT2D eigenvalue weighted by Crippen LogP contribution is 2.30. The monoisotopic (exact) mass is 380 g/mol. The molecule has 148 valence electrons. The molecular weight excluding hydrogens is 352 g/mol. The maximum atomic E-state index is 12.8. The van der Waals surface area contributed by atoms with Gasteiger partial charge in [0.15, 0.2) is 6.10 Å². The van der Waals surface area contributed by atoms with Crippen LogP contribution in [0.2, 0.25) is 0 Å². The molecule has 2 aromatic rings. The van der Waals surface area contributed by atoms with Gasteiger partial charge in [-0.3, -0.25) is 9.59 Å². The number of hydrogen-bond donors (Lipinski definition) is 1. The standard InChI is InChI=1S/C23H28N2O3/c1-16-22(27)25(14-17-8-6-5-7-9-17)15-18-12-19(10-11-20(18)28-16)24-21(26)13-23(2,3)4/h5-12,16H,13-15H2,1-4H3,(H,24,26). The molecule has 0 spiro atoms. The normalized spacial score (nSPS) is 16.8. The van der Waals surface area contributed by atoms with Gasteiger partial charge in [-0.25, -0.2) is 0 Å². The third-order valence-electron chi connectivity index (χ3n) is 4.58. The van der Waals surface area contributed by atoms with Gasteiger partial charge in [0.25, 0.3) is 5.91 Å². The molecule has 0 aromatic heterocycles. The van der Waals surface area contributed by atoms with E-state index in [1.165, 1.54) is 0 Å². The van der Waals surface area contributed by atoms with Crippen molar-refractivity contribution >= 4 is 17.5 Å². The third-order valence-corrected chi connectivity index (χ3v) is 4.58. The van der Waals surface area contributed by atoms with Crippen LogP contribution in [0.15, 0.2) is 48.5 Å². The summed E-state index contributed by atoms with van der Waals surface area (Å²) in [7, 11) is 0. The number of amides is 2. The van der Waals surface area contributed by atoms with Crippen molar-refractivity contribution in [1.29, 1.82) is 0 Å². The number of nitrogens with one attached hydrogen (secondary N) is 1. The predicted octanol–water partition coefficient (Wildman–Crippen LogP) is 4.37. The first-order chi connectivity index (χ1) is 13.2. The average Bonchev–Trinajstić information content (AvgIpc) is 2.72. The zero-order chi connectivity index (χ0) is 20.3.